The maximum atomic E-state index is 13.8. The van der Waals surface area contributed by atoms with E-state index in [-0.39, 0.29) is 11.1 Å². The van der Waals surface area contributed by atoms with Gasteiger partial charge in [-0.15, -0.1) is 0 Å². The topological polar surface area (TPSA) is 65.5 Å². The summed E-state index contributed by atoms with van der Waals surface area (Å²) in [4.78, 5) is 3.59. The number of nitrogens with zero attached hydrogens (tertiary/aromatic N) is 1. The van der Waals surface area contributed by atoms with Gasteiger partial charge in [-0.05, 0) is 6.07 Å². The number of fused-ring (bicyclic) bond motifs is 1. The van der Waals surface area contributed by atoms with Crippen molar-refractivity contribution in [2.45, 2.75) is 5.51 Å². The van der Waals surface area contributed by atoms with Gasteiger partial charge in [-0.25, -0.2) is 4.39 Å². The Labute approximate surface area is 126 Å². The summed E-state index contributed by atoms with van der Waals surface area (Å²) in [6.07, 6.45) is 0.778. The van der Waals surface area contributed by atoms with E-state index in [0.717, 1.165) is 18.3 Å². The largest absolute Gasteiger partial charge is 0.534 e. The summed E-state index contributed by atoms with van der Waals surface area (Å²) in [5.74, 6) is -1.91. The maximum Gasteiger partial charge on any atom is 0.534 e. The second-order valence-corrected chi connectivity index (χ2v) is 5.87. The predicted octanol–water partition coefficient (Wildman–Crippen LogP) is 3.26. The lowest BCUT2D eigenvalue weighted by molar-refractivity contribution is -0.0499. The SMILES string of the molecule is COc1cc(F)c2ncc(Cl)c(OS(=O)(=O)C(F)(F)F)c2c1. The normalized spacial score (nSPS) is 12.5. The third-order valence-electron chi connectivity index (χ3n) is 2.52. The van der Waals surface area contributed by atoms with Gasteiger partial charge in [0.1, 0.15) is 16.3 Å². The molecule has 5 nitrogen and oxygen atoms in total. The van der Waals surface area contributed by atoms with Crippen molar-refractivity contribution >= 4 is 32.6 Å². The first-order chi connectivity index (χ1) is 10.1. The first-order valence-corrected chi connectivity index (χ1v) is 7.18. The molecule has 1 aromatic heterocycles. The van der Waals surface area contributed by atoms with E-state index in [0.29, 0.717) is 0 Å². The van der Waals surface area contributed by atoms with Gasteiger partial charge in [-0.2, -0.15) is 21.6 Å². The van der Waals surface area contributed by atoms with E-state index in [9.17, 15) is 26.0 Å². The summed E-state index contributed by atoms with van der Waals surface area (Å²) >= 11 is 5.62. The van der Waals surface area contributed by atoms with Crippen LogP contribution in [0.5, 0.6) is 11.5 Å². The van der Waals surface area contributed by atoms with Crippen molar-refractivity contribution in [3.05, 3.63) is 29.2 Å². The van der Waals surface area contributed by atoms with Crippen molar-refractivity contribution in [1.29, 1.82) is 0 Å². The quantitative estimate of drug-likeness (QED) is 0.478. The Bertz CT molecular complexity index is 838. The second-order valence-electron chi connectivity index (χ2n) is 3.92. The molecular weight excluding hydrogens is 354 g/mol. The Morgan fingerprint density at radius 2 is 1.91 bits per heavy atom. The summed E-state index contributed by atoms with van der Waals surface area (Å²) in [7, 11) is -4.79. The fourth-order valence-electron chi connectivity index (χ4n) is 1.55. The van der Waals surface area contributed by atoms with Crippen molar-refractivity contribution in [2.24, 2.45) is 0 Å². The van der Waals surface area contributed by atoms with Gasteiger partial charge in [0.2, 0.25) is 0 Å². The molecule has 0 bridgehead atoms. The highest BCUT2D eigenvalue weighted by molar-refractivity contribution is 7.88. The zero-order valence-corrected chi connectivity index (χ0v) is 12.2. The molecule has 0 saturated heterocycles. The molecule has 11 heteroatoms. The minimum Gasteiger partial charge on any atom is -0.497 e. The third kappa shape index (κ3) is 2.88. The first-order valence-electron chi connectivity index (χ1n) is 5.39. The van der Waals surface area contributed by atoms with E-state index in [1.807, 2.05) is 0 Å². The fraction of sp³-hybridized carbons (Fsp3) is 0.182. The molecule has 0 fully saturated rings. The van der Waals surface area contributed by atoms with E-state index >= 15 is 0 Å². The minimum atomic E-state index is -5.97. The molecule has 0 aliphatic carbocycles. The van der Waals surface area contributed by atoms with Crippen molar-refractivity contribution in [2.75, 3.05) is 7.11 Å². The molecule has 2 rings (SSSR count). The van der Waals surface area contributed by atoms with Gasteiger partial charge < -0.3 is 8.92 Å². The number of halogens is 5. The molecule has 1 heterocycles. The molecule has 0 aliphatic heterocycles. The fourth-order valence-corrected chi connectivity index (χ4v) is 2.27. The summed E-state index contributed by atoms with van der Waals surface area (Å²) in [5, 5.41) is -0.912. The van der Waals surface area contributed by atoms with Gasteiger partial charge in [0, 0.05) is 6.07 Å². The number of aromatic nitrogens is 1. The molecule has 0 N–H and O–H groups in total. The summed E-state index contributed by atoms with van der Waals surface area (Å²) in [6.45, 7) is 0. The van der Waals surface area contributed by atoms with E-state index in [1.165, 1.54) is 7.11 Å². The summed E-state index contributed by atoms with van der Waals surface area (Å²) < 4.78 is 82.0. The minimum absolute atomic E-state index is 0.0803. The van der Waals surface area contributed by atoms with Crippen LogP contribution in [0.4, 0.5) is 17.6 Å². The lowest BCUT2D eigenvalue weighted by Gasteiger charge is -2.13. The maximum absolute atomic E-state index is 13.8. The lowest BCUT2D eigenvalue weighted by atomic mass is 10.2. The van der Waals surface area contributed by atoms with Gasteiger partial charge in [0.15, 0.2) is 11.6 Å². The summed E-state index contributed by atoms with van der Waals surface area (Å²) in [6, 6.07) is 1.98. The molecule has 1 aromatic carbocycles. The number of hydrogen-bond donors (Lipinski definition) is 0. The molecule has 22 heavy (non-hydrogen) atoms. The van der Waals surface area contributed by atoms with Crippen LogP contribution in [0.3, 0.4) is 0 Å². The smallest absolute Gasteiger partial charge is 0.497 e. The van der Waals surface area contributed by atoms with E-state index in [4.69, 9.17) is 16.3 Å². The van der Waals surface area contributed by atoms with Crippen LogP contribution in [0.25, 0.3) is 10.9 Å². The predicted molar refractivity (Wildman–Crippen MR) is 68.9 cm³/mol. The first kappa shape index (κ1) is 16.6. The van der Waals surface area contributed by atoms with Crippen LogP contribution in [-0.4, -0.2) is 26.0 Å². The van der Waals surface area contributed by atoms with Crippen LogP contribution in [0.15, 0.2) is 18.3 Å². The Morgan fingerprint density at radius 1 is 1.27 bits per heavy atom. The monoisotopic (exact) mass is 359 g/mol. The van der Waals surface area contributed by atoms with Crippen molar-refractivity contribution in [3.8, 4) is 11.5 Å². The molecule has 0 radical (unpaired) electrons. The van der Waals surface area contributed by atoms with Crippen LogP contribution in [0.1, 0.15) is 0 Å². The van der Waals surface area contributed by atoms with Gasteiger partial charge in [-0.3, -0.25) is 4.98 Å². The molecule has 0 atom stereocenters. The van der Waals surface area contributed by atoms with Crippen LogP contribution < -0.4 is 8.92 Å². The van der Waals surface area contributed by atoms with Gasteiger partial charge in [0.05, 0.1) is 18.7 Å². The van der Waals surface area contributed by atoms with E-state index in [2.05, 4.69) is 9.17 Å². The highest BCUT2D eigenvalue weighted by Crippen LogP contribution is 2.38. The Hall–Kier alpha value is -1.81. The van der Waals surface area contributed by atoms with Crippen LogP contribution in [0.2, 0.25) is 5.02 Å². The van der Waals surface area contributed by atoms with Crippen molar-refractivity contribution < 1.29 is 34.9 Å². The average Bonchev–Trinajstić information content (AvgIpc) is 2.40. The van der Waals surface area contributed by atoms with Gasteiger partial charge >= 0.3 is 15.6 Å². The standard InChI is InChI=1S/C11H6ClF4NO4S/c1-20-5-2-6-9(8(13)3-5)17-4-7(12)10(6)21-22(18,19)11(14,15)16/h2-4H,1H3. The summed E-state index contributed by atoms with van der Waals surface area (Å²) in [5.41, 5.74) is -6.08. The van der Waals surface area contributed by atoms with Gasteiger partial charge in [0.25, 0.3) is 0 Å². The average molecular weight is 360 g/mol. The van der Waals surface area contributed by atoms with Crippen molar-refractivity contribution in [1.82, 2.24) is 4.98 Å². The molecule has 0 unspecified atom stereocenters. The zero-order chi connectivity index (χ0) is 16.7. The van der Waals surface area contributed by atoms with Crippen molar-refractivity contribution in [3.63, 3.8) is 0 Å². The third-order valence-corrected chi connectivity index (χ3v) is 3.74. The van der Waals surface area contributed by atoms with E-state index in [1.54, 1.807) is 0 Å². The van der Waals surface area contributed by atoms with Crippen LogP contribution in [0, 0.1) is 5.82 Å². The molecule has 0 spiro atoms. The molecule has 120 valence electrons. The number of rotatable bonds is 3. The lowest BCUT2D eigenvalue weighted by Crippen LogP contribution is -2.28. The highest BCUT2D eigenvalue weighted by Gasteiger charge is 2.49. The Balaban J connectivity index is 2.73. The zero-order valence-electron chi connectivity index (χ0n) is 10.6. The van der Waals surface area contributed by atoms with E-state index < -0.39 is 37.7 Å². The van der Waals surface area contributed by atoms with Crippen LogP contribution >= 0.6 is 11.6 Å². The number of benzene rings is 1. The Kier molecular flexibility index (Phi) is 4.09. The highest BCUT2D eigenvalue weighted by atomic mass is 35.5. The molecular formula is C11H6ClF4NO4S. The van der Waals surface area contributed by atoms with Crippen LogP contribution in [-0.2, 0) is 10.1 Å². The number of ether oxygens (including phenoxy) is 1. The molecule has 0 saturated carbocycles. The van der Waals surface area contributed by atoms with Gasteiger partial charge in [-0.1, -0.05) is 11.6 Å². The molecule has 0 amide bonds. The Morgan fingerprint density at radius 3 is 2.45 bits per heavy atom. The second kappa shape index (κ2) is 5.43. The number of alkyl halides is 3. The number of hydrogen-bond acceptors (Lipinski definition) is 5. The molecule has 2 aromatic rings. The molecule has 0 aliphatic rings. The number of pyridine rings is 1. The number of methoxy groups -OCH3 is 1.